The van der Waals surface area contributed by atoms with Crippen LogP contribution in [0.5, 0.6) is 0 Å². The minimum atomic E-state index is -0.306. The molecule has 0 spiro atoms. The molecule has 0 aliphatic rings. The number of amides is 2. The average Bonchev–Trinajstić information content (AvgIpc) is 2.55. The first kappa shape index (κ1) is 22.5. The maximum atomic E-state index is 11.5. The predicted molar refractivity (Wildman–Crippen MR) is 92.9 cm³/mol. The molecule has 0 radical (unpaired) electrons. The summed E-state index contributed by atoms with van der Waals surface area (Å²) in [4.78, 5) is 34.0. The number of Topliss-reactive ketones (excluding diaryl/α,β-unsaturated/α-hetero) is 1. The van der Waals surface area contributed by atoms with E-state index >= 15 is 0 Å². The third-order valence-corrected chi connectivity index (χ3v) is 2.82. The van der Waals surface area contributed by atoms with Gasteiger partial charge in [-0.05, 0) is 13.8 Å². The molecule has 0 aliphatic heterocycles. The van der Waals surface area contributed by atoms with E-state index in [9.17, 15) is 14.4 Å². The first-order chi connectivity index (χ1) is 11.5. The fraction of sp³-hybridized carbons (Fsp3) is 0.812. The summed E-state index contributed by atoms with van der Waals surface area (Å²) in [5, 5.41) is 5.09. The first-order valence-electron chi connectivity index (χ1n) is 8.27. The van der Waals surface area contributed by atoms with Gasteiger partial charge in [-0.1, -0.05) is 6.92 Å². The number of ketones is 1. The van der Waals surface area contributed by atoms with Crippen molar-refractivity contribution in [2.24, 2.45) is 0 Å². The molecule has 0 saturated heterocycles. The molecule has 0 fully saturated rings. The Labute approximate surface area is 146 Å². The molecule has 0 atom stereocenters. The Kier molecular flexibility index (Phi) is 14.1. The Morgan fingerprint density at radius 3 is 2.38 bits per heavy atom. The second-order valence-electron chi connectivity index (χ2n) is 5.35. The minimum Gasteiger partial charge on any atom is -0.379 e. The summed E-state index contributed by atoms with van der Waals surface area (Å²) >= 11 is 0. The normalized spacial score (nSPS) is 10.7. The van der Waals surface area contributed by atoms with E-state index < -0.39 is 0 Å². The Hall–Kier alpha value is -1.51. The molecule has 2 amide bonds. The average molecular weight is 350 g/mol. The molecule has 24 heavy (non-hydrogen) atoms. The Morgan fingerprint density at radius 2 is 1.71 bits per heavy atom. The van der Waals surface area contributed by atoms with E-state index in [2.05, 4.69) is 10.6 Å². The number of carbonyl (C=O) groups is 3. The highest BCUT2D eigenvalue weighted by molar-refractivity contribution is 5.84. The molecular weight excluding hydrogens is 316 g/mol. The van der Waals surface area contributed by atoms with Gasteiger partial charge in [0.1, 0.15) is 6.61 Å². The number of hydrogen-bond acceptors (Lipinski definition) is 6. The van der Waals surface area contributed by atoms with Crippen LogP contribution in [-0.4, -0.2) is 69.8 Å². The van der Waals surface area contributed by atoms with E-state index in [1.807, 2.05) is 13.8 Å². The second kappa shape index (κ2) is 15.0. The fourth-order valence-corrected chi connectivity index (χ4v) is 1.49. The summed E-state index contributed by atoms with van der Waals surface area (Å²) < 4.78 is 15.6. The monoisotopic (exact) mass is 350 g/mol. The van der Waals surface area contributed by atoms with Gasteiger partial charge in [-0.3, -0.25) is 14.4 Å². The molecule has 0 heterocycles. The largest absolute Gasteiger partial charge is 0.379 e. The van der Waals surface area contributed by atoms with Gasteiger partial charge in [0.2, 0.25) is 11.8 Å². The van der Waals surface area contributed by atoms with Crippen molar-refractivity contribution in [2.75, 3.05) is 46.1 Å². The van der Waals surface area contributed by atoms with Gasteiger partial charge in [0.05, 0.1) is 39.1 Å². The maximum Gasteiger partial charge on any atom is 0.239 e. The van der Waals surface area contributed by atoms with Crippen LogP contribution < -0.4 is 10.6 Å². The van der Waals surface area contributed by atoms with Crippen molar-refractivity contribution in [3.8, 4) is 0 Å². The van der Waals surface area contributed by atoms with Crippen LogP contribution in [0.25, 0.3) is 0 Å². The van der Waals surface area contributed by atoms with E-state index in [0.29, 0.717) is 26.2 Å². The van der Waals surface area contributed by atoms with Crippen molar-refractivity contribution >= 4 is 17.6 Å². The number of rotatable bonds is 15. The Bertz CT molecular complexity index is 384. The van der Waals surface area contributed by atoms with Crippen molar-refractivity contribution < 1.29 is 31.4 Å². The summed E-state index contributed by atoms with van der Waals surface area (Å²) in [6, 6.07) is 0. The maximum absolute atomic E-state index is 11.5. The molecule has 0 aromatic carbocycles. The van der Waals surface area contributed by atoms with Crippen molar-refractivity contribution in [1.29, 1.82) is 0 Å². The molecule has 144 valence electrons. The third kappa shape index (κ3) is 15.4. The van der Waals surface area contributed by atoms with Gasteiger partial charge in [-0.15, -0.1) is 0 Å². The first-order valence-corrected chi connectivity index (χ1v) is 8.27. The zero-order valence-corrected chi connectivity index (χ0v) is 14.9. The summed E-state index contributed by atoms with van der Waals surface area (Å²) in [6.07, 6.45) is 0.789. The molecule has 0 aromatic rings. The van der Waals surface area contributed by atoms with Crippen LogP contribution in [0, 0.1) is 0 Å². The topological polar surface area (TPSA) is 103 Å². The summed E-state index contributed by atoms with van der Waals surface area (Å²) in [5.74, 6) is -0.536. The number of ether oxygens (including phenoxy) is 3. The van der Waals surface area contributed by atoms with Crippen LogP contribution in [0.4, 0.5) is 0 Å². The highest BCUT2D eigenvalue weighted by atomic mass is 16.5. The van der Waals surface area contributed by atoms with Crippen molar-refractivity contribution in [3.63, 3.8) is 0 Å². The van der Waals surface area contributed by atoms with Gasteiger partial charge >= 0.3 is 0 Å². The van der Waals surface area contributed by atoms with Crippen molar-refractivity contribution in [1.82, 2.24) is 10.6 Å². The number of carbonyl (C=O) groups excluding carboxylic acids is 3. The number of nitrogens with one attached hydrogen (secondary N) is 2. The number of hydrogen-bond donors (Lipinski definition) is 2. The van der Waals surface area contributed by atoms with E-state index in [0.717, 1.165) is 0 Å². The van der Waals surface area contributed by atoms with Gasteiger partial charge in [0.15, 0.2) is 5.78 Å². The van der Waals surface area contributed by atoms with Crippen molar-refractivity contribution in [2.45, 2.75) is 39.7 Å². The fourth-order valence-electron chi connectivity index (χ4n) is 1.49. The molecular formula is C16H34N2O6. The lowest BCUT2D eigenvalue weighted by atomic mass is 10.3. The molecule has 0 rings (SSSR count). The van der Waals surface area contributed by atoms with Gasteiger partial charge in [0, 0.05) is 22.2 Å². The van der Waals surface area contributed by atoms with Crippen LogP contribution in [-0.2, 0) is 28.6 Å². The third-order valence-electron chi connectivity index (χ3n) is 2.82. The molecule has 0 saturated carbocycles. The lowest BCUT2D eigenvalue weighted by Crippen LogP contribution is -2.38. The molecule has 0 aromatic heterocycles. The van der Waals surface area contributed by atoms with Crippen LogP contribution >= 0.6 is 0 Å². The quantitative estimate of drug-likeness (QED) is 0.418. The lowest BCUT2D eigenvalue weighted by molar-refractivity contribution is -0.127. The zero-order valence-electron chi connectivity index (χ0n) is 14.9. The standard InChI is InChI=1S/C16H30N2O6.2H2/c1-4-14(19)12-23-8-6-17-16(21)11-18-15(20)5-7-22-9-10-24-13(2)3;;/h13H,4-12H2,1-3H3,(H,17,21)(H,18,20);2*1H. The molecule has 8 heteroatoms. The predicted octanol–water partition coefficient (Wildman–Crippen LogP) is 0.538. The van der Waals surface area contributed by atoms with Crippen LogP contribution in [0.1, 0.15) is 36.5 Å². The summed E-state index contributed by atoms with van der Waals surface area (Å²) in [7, 11) is 0. The SMILES string of the molecule is CCC(=O)COCCNC(=O)CNC(=O)CCOCCOC(C)C.[HH].[HH]. The molecule has 2 N–H and O–H groups in total. The summed E-state index contributed by atoms with van der Waals surface area (Å²) in [5.41, 5.74) is 0. The van der Waals surface area contributed by atoms with Crippen molar-refractivity contribution in [3.05, 3.63) is 0 Å². The second-order valence-corrected chi connectivity index (χ2v) is 5.35. The minimum absolute atomic E-state index is 0. The summed E-state index contributed by atoms with van der Waals surface area (Å²) in [6.45, 7) is 7.39. The van der Waals surface area contributed by atoms with Crippen LogP contribution in [0.2, 0.25) is 0 Å². The zero-order chi connectivity index (χ0) is 18.2. The molecule has 8 nitrogen and oxygen atoms in total. The van der Waals surface area contributed by atoms with E-state index in [1.165, 1.54) is 0 Å². The Morgan fingerprint density at radius 1 is 0.958 bits per heavy atom. The highest BCUT2D eigenvalue weighted by Crippen LogP contribution is 1.89. The van der Waals surface area contributed by atoms with Crippen LogP contribution in [0.3, 0.4) is 0 Å². The lowest BCUT2D eigenvalue weighted by Gasteiger charge is -2.09. The van der Waals surface area contributed by atoms with E-state index in [-0.39, 0.29) is 59.3 Å². The van der Waals surface area contributed by atoms with Gasteiger partial charge < -0.3 is 24.8 Å². The van der Waals surface area contributed by atoms with Gasteiger partial charge in [0.25, 0.3) is 0 Å². The smallest absolute Gasteiger partial charge is 0.239 e. The van der Waals surface area contributed by atoms with Crippen LogP contribution in [0.15, 0.2) is 0 Å². The highest BCUT2D eigenvalue weighted by Gasteiger charge is 2.05. The van der Waals surface area contributed by atoms with Gasteiger partial charge in [-0.25, -0.2) is 0 Å². The Balaban J connectivity index is -0.00000264. The molecule has 0 bridgehead atoms. The van der Waals surface area contributed by atoms with E-state index in [4.69, 9.17) is 14.2 Å². The van der Waals surface area contributed by atoms with E-state index in [1.54, 1.807) is 6.92 Å². The van der Waals surface area contributed by atoms with Gasteiger partial charge in [-0.2, -0.15) is 0 Å². The molecule has 0 unspecified atom stereocenters. The molecule has 0 aliphatic carbocycles.